The molecule has 1 N–H and O–H groups in total. The fraction of sp³-hybridized carbons (Fsp3) is 0.909. The number of carbonyl (C=O) groups is 1. The van der Waals surface area contributed by atoms with Gasteiger partial charge in [0.2, 0.25) is 5.91 Å². The molecule has 1 unspecified atom stereocenters. The van der Waals surface area contributed by atoms with Gasteiger partial charge < -0.3 is 15.1 Å². The van der Waals surface area contributed by atoms with Crippen LogP contribution in [0.1, 0.15) is 19.3 Å². The molecule has 4 heteroatoms. The van der Waals surface area contributed by atoms with Crippen LogP contribution in [0.4, 0.5) is 0 Å². The second-order valence-electron chi connectivity index (χ2n) is 4.86. The molecule has 1 saturated carbocycles. The Morgan fingerprint density at radius 1 is 1.47 bits per heavy atom. The first kappa shape index (κ1) is 10.9. The molecule has 0 bridgehead atoms. The van der Waals surface area contributed by atoms with Gasteiger partial charge in [0.15, 0.2) is 0 Å². The fourth-order valence-electron chi connectivity index (χ4n) is 2.12. The van der Waals surface area contributed by atoms with Gasteiger partial charge in [-0.15, -0.1) is 0 Å². The number of likely N-dealkylation sites (tertiary alicyclic amines) is 1. The summed E-state index contributed by atoms with van der Waals surface area (Å²) in [6, 6.07) is 1.04. The third-order valence-electron chi connectivity index (χ3n) is 3.42. The van der Waals surface area contributed by atoms with E-state index in [2.05, 4.69) is 17.3 Å². The number of rotatable bonds is 4. The number of nitrogens with one attached hydrogen (secondary N) is 1. The first-order valence-corrected chi connectivity index (χ1v) is 5.84. The van der Waals surface area contributed by atoms with Crippen molar-refractivity contribution in [2.75, 3.05) is 33.7 Å². The molecule has 0 aromatic heterocycles. The summed E-state index contributed by atoms with van der Waals surface area (Å²) in [5.41, 5.74) is 0. The molecule has 1 saturated heterocycles. The Morgan fingerprint density at radius 3 is 2.73 bits per heavy atom. The van der Waals surface area contributed by atoms with Gasteiger partial charge in [0.25, 0.3) is 0 Å². The molecule has 4 nitrogen and oxygen atoms in total. The first-order valence-electron chi connectivity index (χ1n) is 5.84. The lowest BCUT2D eigenvalue weighted by atomic mass is 10.2. The Balaban J connectivity index is 1.66. The number of nitrogens with zero attached hydrogens (tertiary/aromatic N) is 2. The van der Waals surface area contributed by atoms with Crippen LogP contribution in [0, 0.1) is 0 Å². The van der Waals surface area contributed by atoms with E-state index in [1.165, 1.54) is 12.8 Å². The van der Waals surface area contributed by atoms with Crippen LogP contribution in [0.25, 0.3) is 0 Å². The molecule has 2 aliphatic rings. The average molecular weight is 211 g/mol. The van der Waals surface area contributed by atoms with Crippen LogP contribution in [0.2, 0.25) is 0 Å². The predicted molar refractivity (Wildman–Crippen MR) is 59.7 cm³/mol. The van der Waals surface area contributed by atoms with Crippen molar-refractivity contribution < 1.29 is 4.79 Å². The highest BCUT2D eigenvalue weighted by Gasteiger charge is 2.29. The Kier molecular flexibility index (Phi) is 3.26. The van der Waals surface area contributed by atoms with Gasteiger partial charge in [0, 0.05) is 25.7 Å². The third-order valence-corrected chi connectivity index (χ3v) is 3.42. The molecule has 15 heavy (non-hydrogen) atoms. The largest absolute Gasteiger partial charge is 0.342 e. The van der Waals surface area contributed by atoms with Crippen molar-refractivity contribution in [3.63, 3.8) is 0 Å². The summed E-state index contributed by atoms with van der Waals surface area (Å²) < 4.78 is 0. The first-order chi connectivity index (χ1) is 7.16. The molecule has 2 rings (SSSR count). The molecule has 0 aromatic rings. The Labute approximate surface area is 91.6 Å². The Hall–Kier alpha value is -0.610. The molecule has 0 radical (unpaired) electrons. The van der Waals surface area contributed by atoms with Crippen molar-refractivity contribution in [2.45, 2.75) is 31.3 Å². The summed E-state index contributed by atoms with van der Waals surface area (Å²) in [5, 5.41) is 3.34. The predicted octanol–water partition coefficient (Wildman–Crippen LogP) is -0.0991. The van der Waals surface area contributed by atoms with Gasteiger partial charge in [0.1, 0.15) is 0 Å². The zero-order chi connectivity index (χ0) is 10.8. The summed E-state index contributed by atoms with van der Waals surface area (Å²) in [4.78, 5) is 15.9. The van der Waals surface area contributed by atoms with E-state index in [-0.39, 0.29) is 5.91 Å². The van der Waals surface area contributed by atoms with Gasteiger partial charge in [-0.05, 0) is 32.9 Å². The number of hydrogen-bond donors (Lipinski definition) is 1. The molecule has 1 amide bonds. The summed E-state index contributed by atoms with van der Waals surface area (Å²) in [7, 11) is 4.04. The third kappa shape index (κ3) is 2.92. The summed E-state index contributed by atoms with van der Waals surface area (Å²) in [6.07, 6.45) is 3.54. The van der Waals surface area contributed by atoms with Crippen molar-refractivity contribution in [2.24, 2.45) is 0 Å². The molecular formula is C11H21N3O. The number of amides is 1. The maximum atomic E-state index is 11.7. The second kappa shape index (κ2) is 4.49. The van der Waals surface area contributed by atoms with E-state index in [0.717, 1.165) is 19.5 Å². The van der Waals surface area contributed by atoms with Crippen LogP contribution >= 0.6 is 0 Å². The molecule has 2 fully saturated rings. The summed E-state index contributed by atoms with van der Waals surface area (Å²) in [5.74, 6) is 0.243. The molecule has 1 aliphatic carbocycles. The van der Waals surface area contributed by atoms with Crippen molar-refractivity contribution in [3.8, 4) is 0 Å². The summed E-state index contributed by atoms with van der Waals surface area (Å²) >= 11 is 0. The van der Waals surface area contributed by atoms with Crippen LogP contribution in [-0.2, 0) is 4.79 Å². The normalized spacial score (nSPS) is 26.9. The SMILES string of the molecule is CN1CCC(NCC(=O)N(C)C2CC2)C1. The van der Waals surface area contributed by atoms with E-state index in [0.29, 0.717) is 18.6 Å². The molecule has 86 valence electrons. The maximum absolute atomic E-state index is 11.7. The molecule has 1 aliphatic heterocycles. The number of hydrogen-bond acceptors (Lipinski definition) is 3. The van der Waals surface area contributed by atoms with E-state index in [9.17, 15) is 4.79 Å². The smallest absolute Gasteiger partial charge is 0.236 e. The van der Waals surface area contributed by atoms with E-state index >= 15 is 0 Å². The molecule has 0 aromatic carbocycles. The van der Waals surface area contributed by atoms with Gasteiger partial charge in [-0.1, -0.05) is 0 Å². The molecule has 0 spiro atoms. The zero-order valence-corrected chi connectivity index (χ0v) is 9.70. The monoisotopic (exact) mass is 211 g/mol. The van der Waals surface area contributed by atoms with Gasteiger partial charge in [0.05, 0.1) is 6.54 Å². The molecule has 1 heterocycles. The zero-order valence-electron chi connectivity index (χ0n) is 9.70. The molecular weight excluding hydrogens is 190 g/mol. The standard InChI is InChI=1S/C11H21N3O/c1-13-6-5-9(8-13)12-7-11(15)14(2)10-3-4-10/h9-10,12H,3-8H2,1-2H3. The van der Waals surface area contributed by atoms with Crippen molar-refractivity contribution >= 4 is 5.91 Å². The summed E-state index contributed by atoms with van der Waals surface area (Å²) in [6.45, 7) is 2.72. The van der Waals surface area contributed by atoms with Gasteiger partial charge >= 0.3 is 0 Å². The Bertz CT molecular complexity index is 240. The quantitative estimate of drug-likeness (QED) is 0.705. The highest BCUT2D eigenvalue weighted by Crippen LogP contribution is 2.25. The average Bonchev–Trinajstić information content (AvgIpc) is 2.98. The minimum Gasteiger partial charge on any atom is -0.342 e. The van der Waals surface area contributed by atoms with Gasteiger partial charge in [-0.3, -0.25) is 4.79 Å². The van der Waals surface area contributed by atoms with Gasteiger partial charge in [-0.2, -0.15) is 0 Å². The second-order valence-corrected chi connectivity index (χ2v) is 4.86. The van der Waals surface area contributed by atoms with Crippen molar-refractivity contribution in [1.82, 2.24) is 15.1 Å². The van der Waals surface area contributed by atoms with Crippen molar-refractivity contribution in [3.05, 3.63) is 0 Å². The van der Waals surface area contributed by atoms with E-state index in [1.54, 1.807) is 0 Å². The van der Waals surface area contributed by atoms with Crippen LogP contribution in [0.3, 0.4) is 0 Å². The number of likely N-dealkylation sites (N-methyl/N-ethyl adjacent to an activating group) is 2. The molecule has 1 atom stereocenters. The highest BCUT2D eigenvalue weighted by atomic mass is 16.2. The topological polar surface area (TPSA) is 35.6 Å². The van der Waals surface area contributed by atoms with E-state index in [4.69, 9.17) is 0 Å². The Morgan fingerprint density at radius 2 is 2.20 bits per heavy atom. The lowest BCUT2D eigenvalue weighted by molar-refractivity contribution is -0.129. The van der Waals surface area contributed by atoms with E-state index in [1.807, 2.05) is 11.9 Å². The van der Waals surface area contributed by atoms with Crippen LogP contribution < -0.4 is 5.32 Å². The van der Waals surface area contributed by atoms with Crippen LogP contribution in [-0.4, -0.2) is 61.5 Å². The van der Waals surface area contributed by atoms with Crippen LogP contribution in [0.5, 0.6) is 0 Å². The lowest BCUT2D eigenvalue weighted by Gasteiger charge is -2.18. The van der Waals surface area contributed by atoms with Crippen LogP contribution in [0.15, 0.2) is 0 Å². The number of carbonyl (C=O) groups excluding carboxylic acids is 1. The van der Waals surface area contributed by atoms with Gasteiger partial charge in [-0.25, -0.2) is 0 Å². The minimum atomic E-state index is 0.243. The van der Waals surface area contributed by atoms with E-state index < -0.39 is 0 Å². The maximum Gasteiger partial charge on any atom is 0.236 e. The lowest BCUT2D eigenvalue weighted by Crippen LogP contribution is -2.41. The highest BCUT2D eigenvalue weighted by molar-refractivity contribution is 5.78. The minimum absolute atomic E-state index is 0.243. The fourth-order valence-corrected chi connectivity index (χ4v) is 2.12. The van der Waals surface area contributed by atoms with Crippen molar-refractivity contribution in [1.29, 1.82) is 0 Å².